The van der Waals surface area contributed by atoms with Crippen molar-refractivity contribution < 1.29 is 9.18 Å². The lowest BCUT2D eigenvalue weighted by molar-refractivity contribution is 0.0793. The number of aryl methyl sites for hydroxylation is 1. The Morgan fingerprint density at radius 3 is 2.42 bits per heavy atom. The van der Waals surface area contributed by atoms with E-state index in [1.807, 2.05) is 22.6 Å². The molecule has 1 amide bonds. The first kappa shape index (κ1) is 26.5. The molecule has 0 atom stereocenters. The molecule has 1 saturated heterocycles. The van der Waals surface area contributed by atoms with Gasteiger partial charge in [0.2, 0.25) is 0 Å². The van der Waals surface area contributed by atoms with Gasteiger partial charge in [-0.3, -0.25) is 28.1 Å². The largest absolute Gasteiger partial charge is 0.339 e. The lowest BCUT2D eigenvalue weighted by Gasteiger charge is -2.21. The Kier molecular flexibility index (Phi) is 6.64. The summed E-state index contributed by atoms with van der Waals surface area (Å²) in [4.78, 5) is 56.4. The molecular weight excluding hydrogens is 628 g/mol. The van der Waals surface area contributed by atoms with Crippen molar-refractivity contribution in [3.05, 3.63) is 94.2 Å². The van der Waals surface area contributed by atoms with E-state index in [9.17, 15) is 23.6 Å². The molecule has 0 unspecified atom stereocenters. The van der Waals surface area contributed by atoms with Gasteiger partial charge >= 0.3 is 5.69 Å². The van der Waals surface area contributed by atoms with E-state index in [1.165, 1.54) is 32.9 Å². The van der Waals surface area contributed by atoms with E-state index in [-0.39, 0.29) is 39.9 Å². The molecule has 206 valence electrons. The first-order valence-electron chi connectivity index (χ1n) is 13.2. The predicted octanol–water partition coefficient (Wildman–Crippen LogP) is 4.22. The molecular formula is C29H27FIN5O4. The van der Waals surface area contributed by atoms with Gasteiger partial charge in [-0.2, -0.15) is 0 Å². The Bertz CT molecular complexity index is 1880. The van der Waals surface area contributed by atoms with E-state index in [2.05, 4.69) is 5.32 Å². The van der Waals surface area contributed by atoms with Crippen molar-refractivity contribution in [3.8, 4) is 5.69 Å². The van der Waals surface area contributed by atoms with E-state index in [0.717, 1.165) is 12.8 Å². The smallest absolute Gasteiger partial charge is 0.336 e. The minimum Gasteiger partial charge on any atom is -0.339 e. The van der Waals surface area contributed by atoms with Crippen molar-refractivity contribution >= 4 is 50.9 Å². The summed E-state index contributed by atoms with van der Waals surface area (Å²) in [5.74, 6) is -0.586. The molecule has 11 heteroatoms. The van der Waals surface area contributed by atoms with Crippen molar-refractivity contribution in [3.63, 3.8) is 0 Å². The first-order chi connectivity index (χ1) is 19.2. The van der Waals surface area contributed by atoms with Crippen molar-refractivity contribution in [1.29, 1.82) is 0 Å². The third kappa shape index (κ3) is 4.36. The number of anilines is 2. The third-order valence-electron chi connectivity index (χ3n) is 7.68. The van der Waals surface area contributed by atoms with Gasteiger partial charge < -0.3 is 10.2 Å². The Morgan fingerprint density at radius 1 is 1.02 bits per heavy atom. The maximum Gasteiger partial charge on any atom is 0.336 e. The second kappa shape index (κ2) is 10.0. The van der Waals surface area contributed by atoms with E-state index in [0.29, 0.717) is 40.8 Å². The number of nitrogens with zero attached hydrogens (tertiary/aromatic N) is 4. The van der Waals surface area contributed by atoms with Crippen molar-refractivity contribution in [1.82, 2.24) is 18.6 Å². The zero-order chi connectivity index (χ0) is 28.3. The van der Waals surface area contributed by atoms with E-state index >= 15 is 0 Å². The minimum atomic E-state index is -0.575. The summed E-state index contributed by atoms with van der Waals surface area (Å²) in [5, 5.41) is 3.06. The summed E-state index contributed by atoms with van der Waals surface area (Å²) in [7, 11) is 1.51. The van der Waals surface area contributed by atoms with Crippen LogP contribution < -0.4 is 22.1 Å². The normalized spacial score (nSPS) is 15.2. The molecule has 2 aliphatic rings. The van der Waals surface area contributed by atoms with Gasteiger partial charge in [0.15, 0.2) is 0 Å². The predicted molar refractivity (Wildman–Crippen MR) is 160 cm³/mol. The highest BCUT2D eigenvalue weighted by Crippen LogP contribution is 2.34. The molecule has 0 radical (unpaired) electrons. The first-order valence-corrected chi connectivity index (χ1v) is 14.3. The van der Waals surface area contributed by atoms with Crippen LogP contribution in [0.2, 0.25) is 0 Å². The molecule has 0 bridgehead atoms. The number of amides is 1. The highest BCUT2D eigenvalue weighted by Gasteiger charge is 2.32. The number of carbonyl (C=O) groups is 1. The van der Waals surface area contributed by atoms with Gasteiger partial charge in [-0.15, -0.1) is 0 Å². The molecule has 2 fully saturated rings. The number of rotatable bonds is 5. The van der Waals surface area contributed by atoms with E-state index in [4.69, 9.17) is 0 Å². The van der Waals surface area contributed by atoms with Crippen LogP contribution in [0.3, 0.4) is 0 Å². The fourth-order valence-corrected chi connectivity index (χ4v) is 5.91. The van der Waals surface area contributed by atoms with Crippen LogP contribution in [0.15, 0.2) is 56.8 Å². The molecule has 1 aliphatic heterocycles. The van der Waals surface area contributed by atoms with Crippen LogP contribution in [0.5, 0.6) is 0 Å². The highest BCUT2D eigenvalue weighted by atomic mass is 127. The molecule has 1 aliphatic carbocycles. The quantitative estimate of drug-likeness (QED) is 0.325. The third-order valence-corrected chi connectivity index (χ3v) is 8.36. The van der Waals surface area contributed by atoms with Gasteiger partial charge in [-0.25, -0.2) is 9.18 Å². The molecule has 2 aromatic carbocycles. The topological polar surface area (TPSA) is 98.3 Å². The number of aromatic nitrogens is 3. The van der Waals surface area contributed by atoms with Crippen LogP contribution in [0.1, 0.15) is 47.6 Å². The summed E-state index contributed by atoms with van der Waals surface area (Å²) in [6, 6.07) is 11.0. The summed E-state index contributed by atoms with van der Waals surface area (Å²) < 4.78 is 19.4. The summed E-state index contributed by atoms with van der Waals surface area (Å²) in [6.45, 7) is 2.92. The summed E-state index contributed by atoms with van der Waals surface area (Å²) >= 11 is 2.00. The molecule has 2 aromatic heterocycles. The number of pyridine rings is 1. The average Bonchev–Trinajstić information content (AvgIpc) is 3.61. The molecule has 4 aromatic rings. The molecule has 6 rings (SSSR count). The van der Waals surface area contributed by atoms with Gasteiger partial charge in [0.1, 0.15) is 17.0 Å². The lowest BCUT2D eigenvalue weighted by Crippen LogP contribution is -2.41. The number of likely N-dealkylation sites (tertiary alicyclic amines) is 1. The van der Waals surface area contributed by atoms with Gasteiger partial charge in [0.25, 0.3) is 17.0 Å². The monoisotopic (exact) mass is 655 g/mol. The number of benzene rings is 2. The maximum absolute atomic E-state index is 14.9. The molecule has 40 heavy (non-hydrogen) atoms. The van der Waals surface area contributed by atoms with Crippen molar-refractivity contribution in [2.75, 3.05) is 18.4 Å². The zero-order valence-electron chi connectivity index (χ0n) is 22.0. The molecule has 9 nitrogen and oxygen atoms in total. The second-order valence-electron chi connectivity index (χ2n) is 10.4. The van der Waals surface area contributed by atoms with Gasteiger partial charge in [0.05, 0.1) is 16.9 Å². The fraction of sp³-hybridized carbons (Fsp3) is 0.310. The van der Waals surface area contributed by atoms with Gasteiger partial charge in [-0.1, -0.05) is 6.07 Å². The van der Waals surface area contributed by atoms with Crippen LogP contribution in [0, 0.1) is 16.3 Å². The highest BCUT2D eigenvalue weighted by molar-refractivity contribution is 14.1. The minimum absolute atomic E-state index is 0.0863. The molecule has 1 N–H and O–H groups in total. The van der Waals surface area contributed by atoms with E-state index < -0.39 is 22.6 Å². The van der Waals surface area contributed by atoms with Crippen LogP contribution in [0.25, 0.3) is 16.6 Å². The number of hydrogen-bond donors (Lipinski definition) is 1. The van der Waals surface area contributed by atoms with Crippen molar-refractivity contribution in [2.24, 2.45) is 7.05 Å². The molecule has 3 heterocycles. The molecule has 0 spiro atoms. The van der Waals surface area contributed by atoms with Crippen molar-refractivity contribution in [2.45, 2.75) is 38.6 Å². The number of halogens is 2. The van der Waals surface area contributed by atoms with Crippen LogP contribution >= 0.6 is 22.6 Å². The summed E-state index contributed by atoms with van der Waals surface area (Å²) in [5.41, 5.74) is -0.352. The maximum atomic E-state index is 14.9. The second-order valence-corrected chi connectivity index (χ2v) is 11.6. The Labute approximate surface area is 242 Å². The number of nitrogens with one attached hydrogen (secondary N) is 1. The Morgan fingerprint density at radius 2 is 1.75 bits per heavy atom. The fourth-order valence-electron chi connectivity index (χ4n) is 5.45. The van der Waals surface area contributed by atoms with Crippen LogP contribution in [-0.4, -0.2) is 37.6 Å². The number of carbonyl (C=O) groups excluding carboxylic acids is 1. The lowest BCUT2D eigenvalue weighted by atomic mass is 10.1. The number of fused-ring (bicyclic) bond motifs is 1. The SMILES string of the molecule is Cc1c(=O)n(C)c(Nc2ccc(I)cc2F)c2c(=O)n(C3CC3)c(=O)n(-c3cccc(C(=O)N4CCCC4)c3)c12. The van der Waals surface area contributed by atoms with Gasteiger partial charge in [0, 0.05) is 40.9 Å². The molecule has 1 saturated carbocycles. The standard InChI is InChI=1S/C29H27FIN5O4/c1-16-24-23(25(33(2)26(16)37)32-22-11-8-18(31)15-21(22)30)28(39)36(19-9-10-19)29(40)35(24)20-7-5-6-17(14-20)27(38)34-12-3-4-13-34/h5-8,11,14-15,19,32H,3-4,9-10,12-13H2,1-2H3. The Hall–Kier alpha value is -3.74. The zero-order valence-corrected chi connectivity index (χ0v) is 24.2. The Balaban J connectivity index is 1.66. The number of hydrogen-bond acceptors (Lipinski definition) is 5. The summed E-state index contributed by atoms with van der Waals surface area (Å²) in [6.07, 6.45) is 3.24. The van der Waals surface area contributed by atoms with Gasteiger partial charge in [-0.05, 0) is 91.6 Å². The van der Waals surface area contributed by atoms with E-state index in [1.54, 1.807) is 42.2 Å². The van der Waals surface area contributed by atoms with Crippen LogP contribution in [0.4, 0.5) is 15.9 Å². The van der Waals surface area contributed by atoms with Crippen LogP contribution in [-0.2, 0) is 7.05 Å². The average molecular weight is 655 g/mol.